The summed E-state index contributed by atoms with van der Waals surface area (Å²) < 4.78 is 22.6. The molecule has 0 saturated carbocycles. The van der Waals surface area contributed by atoms with E-state index in [4.69, 9.17) is 18.9 Å². The third-order valence-electron chi connectivity index (χ3n) is 4.56. The van der Waals surface area contributed by atoms with Crippen molar-refractivity contribution in [1.29, 1.82) is 0 Å². The second kappa shape index (κ2) is 7.88. The summed E-state index contributed by atoms with van der Waals surface area (Å²) in [5.41, 5.74) is 0.653. The van der Waals surface area contributed by atoms with Gasteiger partial charge in [0.15, 0.2) is 17.8 Å². The summed E-state index contributed by atoms with van der Waals surface area (Å²) in [5, 5.41) is 0. The number of rotatable bonds is 4. The van der Waals surface area contributed by atoms with E-state index in [0.29, 0.717) is 36.2 Å². The first-order valence-corrected chi connectivity index (χ1v) is 9.16. The van der Waals surface area contributed by atoms with Gasteiger partial charge in [-0.3, -0.25) is 4.79 Å². The first-order valence-electron chi connectivity index (χ1n) is 8.08. The molecule has 0 N–H and O–H groups in total. The zero-order chi connectivity index (χ0) is 17.1. The number of piperidine rings is 1. The maximum absolute atomic E-state index is 12.9. The Bertz CT molecular complexity index is 595. The molecular formula is C17H22INO5. The summed E-state index contributed by atoms with van der Waals surface area (Å²) in [4.78, 5) is 14.8. The molecule has 2 heterocycles. The summed E-state index contributed by atoms with van der Waals surface area (Å²) in [6.45, 7) is 2.79. The average Bonchev–Trinajstić information content (AvgIpc) is 3.15. The van der Waals surface area contributed by atoms with Gasteiger partial charge in [-0.25, -0.2) is 0 Å². The van der Waals surface area contributed by atoms with Crippen LogP contribution in [-0.4, -0.2) is 57.6 Å². The molecule has 3 rings (SSSR count). The number of hydrogen-bond donors (Lipinski definition) is 0. The van der Waals surface area contributed by atoms with Crippen LogP contribution in [0.5, 0.6) is 11.5 Å². The smallest absolute Gasteiger partial charge is 0.255 e. The van der Waals surface area contributed by atoms with Gasteiger partial charge in [0.1, 0.15) is 0 Å². The van der Waals surface area contributed by atoms with E-state index in [9.17, 15) is 4.79 Å². The molecule has 2 aliphatic heterocycles. The summed E-state index contributed by atoms with van der Waals surface area (Å²) in [6, 6.07) is 3.60. The molecule has 2 saturated heterocycles. The van der Waals surface area contributed by atoms with Crippen LogP contribution in [0.15, 0.2) is 12.1 Å². The normalized spacial score (nSPS) is 19.5. The highest BCUT2D eigenvalue weighted by Gasteiger charge is 2.32. The third kappa shape index (κ3) is 3.62. The molecule has 2 fully saturated rings. The molecule has 1 aromatic rings. The average molecular weight is 447 g/mol. The quantitative estimate of drug-likeness (QED) is 0.665. The highest BCUT2D eigenvalue weighted by molar-refractivity contribution is 14.1. The summed E-state index contributed by atoms with van der Waals surface area (Å²) in [5.74, 6) is 1.62. The molecule has 0 atom stereocenters. The fourth-order valence-corrected chi connectivity index (χ4v) is 3.88. The molecule has 24 heavy (non-hydrogen) atoms. The van der Waals surface area contributed by atoms with E-state index in [2.05, 4.69) is 22.6 Å². The van der Waals surface area contributed by atoms with E-state index in [1.807, 2.05) is 11.0 Å². The number of methoxy groups -OCH3 is 2. The van der Waals surface area contributed by atoms with Crippen LogP contribution in [0.1, 0.15) is 23.2 Å². The molecule has 132 valence electrons. The number of likely N-dealkylation sites (tertiary alicyclic amines) is 1. The maximum Gasteiger partial charge on any atom is 0.255 e. The van der Waals surface area contributed by atoms with Crippen LogP contribution in [0.3, 0.4) is 0 Å². The maximum atomic E-state index is 12.9. The predicted molar refractivity (Wildman–Crippen MR) is 96.6 cm³/mol. The number of carbonyl (C=O) groups excluding carboxylic acids is 1. The first kappa shape index (κ1) is 17.8. The van der Waals surface area contributed by atoms with Gasteiger partial charge < -0.3 is 23.8 Å². The Kier molecular flexibility index (Phi) is 5.83. The van der Waals surface area contributed by atoms with Crippen molar-refractivity contribution in [2.24, 2.45) is 5.92 Å². The number of carbonyl (C=O) groups is 1. The zero-order valence-corrected chi connectivity index (χ0v) is 16.1. The fourth-order valence-electron chi connectivity index (χ4n) is 3.21. The van der Waals surface area contributed by atoms with Crippen LogP contribution < -0.4 is 9.47 Å². The lowest BCUT2D eigenvalue weighted by Gasteiger charge is -2.34. The molecule has 1 amide bonds. The van der Waals surface area contributed by atoms with Crippen molar-refractivity contribution in [1.82, 2.24) is 4.90 Å². The van der Waals surface area contributed by atoms with Gasteiger partial charge in [-0.05, 0) is 47.6 Å². The molecule has 0 aromatic heterocycles. The Morgan fingerprint density at radius 3 is 2.29 bits per heavy atom. The van der Waals surface area contributed by atoms with Crippen molar-refractivity contribution < 1.29 is 23.7 Å². The van der Waals surface area contributed by atoms with Crippen molar-refractivity contribution in [3.05, 3.63) is 21.3 Å². The Morgan fingerprint density at radius 2 is 1.71 bits per heavy atom. The molecule has 0 bridgehead atoms. The Balaban J connectivity index is 1.69. The fraction of sp³-hybridized carbons (Fsp3) is 0.588. The van der Waals surface area contributed by atoms with Gasteiger partial charge in [0.05, 0.1) is 33.0 Å². The molecule has 7 heteroatoms. The lowest BCUT2D eigenvalue weighted by Crippen LogP contribution is -2.41. The Hall–Kier alpha value is -1.06. The second-order valence-corrected chi connectivity index (χ2v) is 7.09. The van der Waals surface area contributed by atoms with E-state index in [0.717, 1.165) is 29.5 Å². The standard InChI is InChI=1S/C17H22INO5/c1-21-14-9-12(13(18)10-15(14)22-2)16(20)19-5-3-11(4-6-19)17-23-7-8-24-17/h9-11,17H,3-8H2,1-2H3. The summed E-state index contributed by atoms with van der Waals surface area (Å²) in [6.07, 6.45) is 1.71. The molecule has 0 unspecified atom stereocenters. The van der Waals surface area contributed by atoms with Crippen LogP contribution in [0.2, 0.25) is 0 Å². The minimum Gasteiger partial charge on any atom is -0.493 e. The number of amides is 1. The van der Waals surface area contributed by atoms with Crippen molar-refractivity contribution in [3.8, 4) is 11.5 Å². The number of ether oxygens (including phenoxy) is 4. The molecule has 0 spiro atoms. The minimum atomic E-state index is -0.0940. The van der Waals surface area contributed by atoms with Gasteiger partial charge in [0.2, 0.25) is 0 Å². The van der Waals surface area contributed by atoms with E-state index in [1.165, 1.54) is 0 Å². The molecule has 6 nitrogen and oxygen atoms in total. The topological polar surface area (TPSA) is 57.2 Å². The van der Waals surface area contributed by atoms with E-state index < -0.39 is 0 Å². The van der Waals surface area contributed by atoms with E-state index in [-0.39, 0.29) is 12.2 Å². The summed E-state index contributed by atoms with van der Waals surface area (Å²) >= 11 is 2.17. The highest BCUT2D eigenvalue weighted by Crippen LogP contribution is 2.33. The molecule has 0 radical (unpaired) electrons. The van der Waals surface area contributed by atoms with Gasteiger partial charge in [-0.15, -0.1) is 0 Å². The molecule has 2 aliphatic rings. The van der Waals surface area contributed by atoms with Crippen LogP contribution in [0.25, 0.3) is 0 Å². The van der Waals surface area contributed by atoms with Crippen LogP contribution in [0.4, 0.5) is 0 Å². The Morgan fingerprint density at radius 1 is 1.12 bits per heavy atom. The van der Waals surface area contributed by atoms with Gasteiger partial charge in [-0.1, -0.05) is 0 Å². The van der Waals surface area contributed by atoms with Gasteiger partial charge in [0.25, 0.3) is 5.91 Å². The Labute approximate surface area is 155 Å². The number of halogens is 1. The second-order valence-electron chi connectivity index (χ2n) is 5.93. The predicted octanol–water partition coefficient (Wildman–Crippen LogP) is 2.53. The van der Waals surface area contributed by atoms with Crippen LogP contribution in [-0.2, 0) is 9.47 Å². The number of benzene rings is 1. The van der Waals surface area contributed by atoms with E-state index in [1.54, 1.807) is 20.3 Å². The molecular weight excluding hydrogens is 425 g/mol. The molecule has 1 aromatic carbocycles. The highest BCUT2D eigenvalue weighted by atomic mass is 127. The van der Waals surface area contributed by atoms with Gasteiger partial charge in [0, 0.05) is 22.6 Å². The number of hydrogen-bond acceptors (Lipinski definition) is 5. The first-order chi connectivity index (χ1) is 11.6. The summed E-state index contributed by atoms with van der Waals surface area (Å²) in [7, 11) is 3.17. The lowest BCUT2D eigenvalue weighted by atomic mass is 9.95. The third-order valence-corrected chi connectivity index (χ3v) is 5.46. The van der Waals surface area contributed by atoms with Crippen LogP contribution >= 0.6 is 22.6 Å². The van der Waals surface area contributed by atoms with E-state index >= 15 is 0 Å². The zero-order valence-electron chi connectivity index (χ0n) is 13.9. The van der Waals surface area contributed by atoms with Crippen molar-refractivity contribution in [3.63, 3.8) is 0 Å². The van der Waals surface area contributed by atoms with Crippen molar-refractivity contribution >= 4 is 28.5 Å². The largest absolute Gasteiger partial charge is 0.493 e. The van der Waals surface area contributed by atoms with Gasteiger partial charge in [-0.2, -0.15) is 0 Å². The van der Waals surface area contributed by atoms with Crippen LogP contribution in [0, 0.1) is 9.49 Å². The van der Waals surface area contributed by atoms with Gasteiger partial charge >= 0.3 is 0 Å². The lowest BCUT2D eigenvalue weighted by molar-refractivity contribution is -0.0956. The monoisotopic (exact) mass is 447 g/mol. The van der Waals surface area contributed by atoms with Crippen molar-refractivity contribution in [2.45, 2.75) is 19.1 Å². The van der Waals surface area contributed by atoms with Crippen molar-refractivity contribution in [2.75, 3.05) is 40.5 Å². The number of nitrogens with zero attached hydrogens (tertiary/aromatic N) is 1. The molecule has 0 aliphatic carbocycles. The SMILES string of the molecule is COc1cc(I)c(C(=O)N2CCC(C3OCCO3)CC2)cc1OC. The minimum absolute atomic E-state index is 0.0343.